The normalized spacial score (nSPS) is 33.2. The van der Waals surface area contributed by atoms with Crippen LogP contribution in [0.2, 0.25) is 0 Å². The maximum absolute atomic E-state index is 18.0. The Labute approximate surface area is 386 Å². The predicted molar refractivity (Wildman–Crippen MR) is 236 cm³/mol. The molecule has 0 radical (unpaired) electrons. The molecule has 3 unspecified atom stereocenters. The molecule has 66 heavy (non-hydrogen) atoms. The summed E-state index contributed by atoms with van der Waals surface area (Å²) < 4.78 is 34.9. The van der Waals surface area contributed by atoms with Gasteiger partial charge < -0.3 is 45.3 Å². The maximum Gasteiger partial charge on any atom is 0.408 e. The Morgan fingerprint density at radius 1 is 0.985 bits per heavy atom. The Bertz CT molecular complexity index is 2020. The van der Waals surface area contributed by atoms with Crippen molar-refractivity contribution in [2.45, 2.75) is 187 Å². The predicted octanol–water partition coefficient (Wildman–Crippen LogP) is 4.06. The molecule has 4 aliphatic carbocycles. The first-order chi connectivity index (χ1) is 30.6. The van der Waals surface area contributed by atoms with Gasteiger partial charge in [0.2, 0.25) is 23.5 Å². The van der Waals surface area contributed by atoms with Crippen molar-refractivity contribution in [2.24, 2.45) is 34.5 Å². The first-order valence-corrected chi connectivity index (χ1v) is 23.5. The second kappa shape index (κ2) is 19.5. The highest BCUT2D eigenvalue weighted by atomic mass is 19.1. The summed E-state index contributed by atoms with van der Waals surface area (Å²) in [4.78, 5) is 109. The number of alkyl halides is 1. The van der Waals surface area contributed by atoms with E-state index in [1.54, 1.807) is 55.4 Å². The summed E-state index contributed by atoms with van der Waals surface area (Å²) in [5.41, 5.74) is -7.47. The molecule has 0 aromatic carbocycles. The fourth-order valence-corrected chi connectivity index (χ4v) is 11.5. The van der Waals surface area contributed by atoms with Gasteiger partial charge in [0.15, 0.2) is 17.1 Å². The zero-order chi connectivity index (χ0) is 49.5. The molecule has 0 bridgehead atoms. The lowest BCUT2D eigenvalue weighted by molar-refractivity contribution is -0.236. The molecule has 4 fully saturated rings. The van der Waals surface area contributed by atoms with Crippen LogP contribution >= 0.6 is 0 Å². The molecule has 5 rings (SSSR count). The number of ketones is 2. The van der Waals surface area contributed by atoms with Crippen molar-refractivity contribution < 1.29 is 67.2 Å². The molecule has 3 saturated carbocycles. The van der Waals surface area contributed by atoms with Gasteiger partial charge in [0.1, 0.15) is 29.8 Å². The van der Waals surface area contributed by atoms with E-state index in [0.717, 1.165) is 0 Å². The number of amides is 4. The summed E-state index contributed by atoms with van der Waals surface area (Å²) in [5, 5.41) is 31.2. The topological polar surface area (TPSA) is 244 Å². The molecule has 5 aliphatic rings. The smallest absolute Gasteiger partial charge is 0.408 e. The Hall–Kier alpha value is -4.71. The Morgan fingerprint density at radius 2 is 1.65 bits per heavy atom. The number of hydrogen-bond acceptors (Lipinski definition) is 13. The third-order valence-electron chi connectivity index (χ3n) is 14.9. The third kappa shape index (κ3) is 9.54. The number of Topliss-reactive ketones (excluding diaryl/α,β-unsaturated/α-hetero) is 1. The number of carbonyl (C=O) groups is 8. The van der Waals surface area contributed by atoms with Crippen LogP contribution in [0.15, 0.2) is 23.8 Å². The monoisotopic (exact) mass is 931 g/mol. The van der Waals surface area contributed by atoms with Gasteiger partial charge in [0.25, 0.3) is 6.29 Å². The second-order valence-electron chi connectivity index (χ2n) is 20.9. The van der Waals surface area contributed by atoms with Crippen molar-refractivity contribution in [3.05, 3.63) is 23.8 Å². The van der Waals surface area contributed by atoms with Crippen LogP contribution in [-0.4, -0.2) is 122 Å². The van der Waals surface area contributed by atoms with Crippen LogP contribution in [0.4, 0.5) is 9.18 Å². The average molecular weight is 931 g/mol. The number of allylic oxidation sites excluding steroid dienone is 4. The molecular weight excluding hydrogens is 860 g/mol. The van der Waals surface area contributed by atoms with Gasteiger partial charge in [-0.25, -0.2) is 14.0 Å². The molecule has 13 atom stereocenters. The van der Waals surface area contributed by atoms with E-state index in [4.69, 9.17) is 14.2 Å². The summed E-state index contributed by atoms with van der Waals surface area (Å²) >= 11 is 0. The van der Waals surface area contributed by atoms with Gasteiger partial charge in [-0.1, -0.05) is 52.7 Å². The van der Waals surface area contributed by atoms with Crippen LogP contribution in [-0.2, 0) is 47.8 Å². The molecular formula is C48H71FN4O13. The molecule has 0 spiro atoms. The molecule has 4 amide bonds. The molecule has 368 valence electrons. The summed E-state index contributed by atoms with van der Waals surface area (Å²) in [7, 11) is 0. The van der Waals surface area contributed by atoms with Crippen LogP contribution in [0.1, 0.15) is 134 Å². The molecule has 0 aromatic heterocycles. The van der Waals surface area contributed by atoms with Gasteiger partial charge in [-0.05, 0) is 110 Å². The Balaban J connectivity index is 1.33. The largest absolute Gasteiger partial charge is 0.450 e. The van der Waals surface area contributed by atoms with Crippen molar-refractivity contribution in [3.63, 3.8) is 0 Å². The number of aliphatic hydroxyl groups excluding tert-OH is 2. The number of ether oxygens (including phenoxy) is 3. The number of hydrogen-bond donors (Lipinski definition) is 5. The van der Waals surface area contributed by atoms with E-state index in [1.807, 2.05) is 6.92 Å². The van der Waals surface area contributed by atoms with E-state index in [2.05, 4.69) is 16.0 Å². The molecule has 0 aromatic rings. The lowest BCUT2D eigenvalue weighted by atomic mass is 9.44. The number of fused-ring (bicyclic) bond motifs is 5. The highest BCUT2D eigenvalue weighted by Gasteiger charge is 2.78. The van der Waals surface area contributed by atoms with Crippen LogP contribution in [0.5, 0.6) is 0 Å². The first kappa shape index (κ1) is 52.3. The number of carbonyl (C=O) groups excluding carboxylic acids is 8. The zero-order valence-corrected chi connectivity index (χ0v) is 40.3. The molecule has 18 heteroatoms. The lowest BCUT2D eigenvalue weighted by Crippen LogP contribution is -2.70. The van der Waals surface area contributed by atoms with E-state index in [9.17, 15) is 48.6 Å². The highest BCUT2D eigenvalue weighted by Crippen LogP contribution is 2.71. The van der Waals surface area contributed by atoms with Crippen molar-refractivity contribution in [1.82, 2.24) is 20.9 Å². The number of esters is 2. The van der Waals surface area contributed by atoms with Gasteiger partial charge in [0.05, 0.1) is 6.10 Å². The van der Waals surface area contributed by atoms with Gasteiger partial charge >= 0.3 is 18.0 Å². The summed E-state index contributed by atoms with van der Waals surface area (Å²) in [6, 6.07) is -4.67. The number of alkyl carbamates (subject to hydrolysis) is 1. The molecule has 1 saturated heterocycles. The fraction of sp³-hybridized carbons (Fsp3) is 0.750. The highest BCUT2D eigenvalue weighted by molar-refractivity contribution is 6.01. The van der Waals surface area contributed by atoms with Gasteiger partial charge in [-0.3, -0.25) is 28.8 Å². The summed E-state index contributed by atoms with van der Waals surface area (Å²) in [5.74, 6) is -8.37. The maximum atomic E-state index is 18.0. The number of nitrogens with one attached hydrogen (secondary N) is 3. The van der Waals surface area contributed by atoms with Gasteiger partial charge in [-0.15, -0.1) is 0 Å². The van der Waals surface area contributed by atoms with E-state index in [1.165, 1.54) is 37.0 Å². The van der Waals surface area contributed by atoms with Crippen molar-refractivity contribution in [3.8, 4) is 0 Å². The average Bonchev–Trinajstić information content (AvgIpc) is 3.79. The Morgan fingerprint density at radius 3 is 2.27 bits per heavy atom. The third-order valence-corrected chi connectivity index (χ3v) is 14.9. The quantitative estimate of drug-likeness (QED) is 0.0886. The van der Waals surface area contributed by atoms with Crippen molar-refractivity contribution >= 4 is 47.3 Å². The molecule has 17 nitrogen and oxygen atoms in total. The first-order valence-electron chi connectivity index (χ1n) is 23.5. The zero-order valence-electron chi connectivity index (χ0n) is 40.3. The molecule has 5 N–H and O–H groups in total. The van der Waals surface area contributed by atoms with Gasteiger partial charge in [0, 0.05) is 35.6 Å². The number of likely N-dealkylation sites (tertiary alicyclic amines) is 1. The van der Waals surface area contributed by atoms with Crippen molar-refractivity contribution in [2.75, 3.05) is 6.54 Å². The number of nitrogens with zero attached hydrogens (tertiary/aromatic N) is 1. The van der Waals surface area contributed by atoms with Crippen LogP contribution < -0.4 is 16.0 Å². The van der Waals surface area contributed by atoms with Gasteiger partial charge in [-0.2, -0.15) is 0 Å². The van der Waals surface area contributed by atoms with Crippen molar-refractivity contribution in [1.29, 1.82) is 0 Å². The fourth-order valence-electron chi connectivity index (χ4n) is 11.5. The lowest BCUT2D eigenvalue weighted by Gasteiger charge is -2.62. The SMILES string of the molecule is CCCCC(=O)O[C@]1(C(=O)C(O)OC(=O)[C@@H](NC(=O)[C@@H]2CCCN2C(=O)[C@H](C)NC(=O)[C@H](C)NC(=O)OC(C)(C)C)C(C)C)[C@@H](C)CC2C3CCC4=CC(=O)C=C[C@]4(C)[C@@]3(F)[C@@H](O)C[C@@]21C. The number of rotatable bonds is 15. The van der Waals surface area contributed by atoms with Crippen LogP contribution in [0.25, 0.3) is 0 Å². The number of unbranched alkanes of at least 4 members (excludes halogenated alkanes) is 1. The number of halogens is 1. The molecule has 1 aliphatic heterocycles. The standard InChI is InChI=1S/C48H71FN4O13/c1-12-13-16-35(56)65-48(26(4)22-32-31-18-17-29-23-30(54)19-20-45(29,10)47(31,49)34(55)24-46(32,48)11)37(57)42(62)64-41(61)36(25(2)3)52-39(59)33-15-14-21-53(33)40(60)28(6)50-38(58)27(5)51-43(63)66-44(7,8)9/h19-20,23,25-28,31-34,36,42,55,62H,12-18,21-22,24H2,1-11H3,(H,50,58)(H,51,63)(H,52,59)/t26-,27-,28-,31?,32?,33-,34-,36-,42?,45-,46-,47-,48-/m0/s1. The van der Waals surface area contributed by atoms with Crippen LogP contribution in [0, 0.1) is 34.5 Å². The second-order valence-corrected chi connectivity index (χ2v) is 20.9. The molecule has 1 heterocycles. The van der Waals surface area contributed by atoms with E-state index in [0.29, 0.717) is 31.3 Å². The van der Waals surface area contributed by atoms with E-state index < -0.39 is 129 Å². The minimum atomic E-state index is -2.52. The minimum absolute atomic E-state index is 0.0727. The minimum Gasteiger partial charge on any atom is -0.450 e. The summed E-state index contributed by atoms with van der Waals surface area (Å²) in [6.45, 7) is 18.0. The summed E-state index contributed by atoms with van der Waals surface area (Å²) in [6.07, 6.45) is 1.19. The van der Waals surface area contributed by atoms with Crippen LogP contribution in [0.3, 0.4) is 0 Å². The van der Waals surface area contributed by atoms with E-state index in [-0.39, 0.29) is 44.4 Å². The van der Waals surface area contributed by atoms with E-state index >= 15 is 4.39 Å². The number of aliphatic hydroxyl groups is 2. The Kier molecular flexibility index (Phi) is 15.4.